The Morgan fingerprint density at radius 2 is 1.08 bits per heavy atom. The first kappa shape index (κ1) is 24.0. The zero-order chi connectivity index (χ0) is 19.4. The predicted molar refractivity (Wildman–Crippen MR) is 121 cm³/mol. The Kier molecular flexibility index (Phi) is 8.60. The van der Waals surface area contributed by atoms with Crippen molar-refractivity contribution in [2.24, 2.45) is 0 Å². The highest BCUT2D eigenvalue weighted by atomic mass is 29.9. The minimum absolute atomic E-state index is 0.112. The molecule has 0 aliphatic rings. The molecular formula is C18H40O2Si4. The van der Waals surface area contributed by atoms with Gasteiger partial charge in [-0.1, -0.05) is 77.2 Å². The lowest BCUT2D eigenvalue weighted by molar-refractivity contribution is 0.0371. The van der Waals surface area contributed by atoms with E-state index in [-0.39, 0.29) is 12.2 Å². The van der Waals surface area contributed by atoms with Crippen LogP contribution in [-0.2, 0) is 9.16 Å². The third kappa shape index (κ3) is 5.01. The first-order chi connectivity index (χ1) is 10.7. The van der Waals surface area contributed by atoms with Crippen LogP contribution in [0.4, 0.5) is 0 Å². The second-order valence-corrected chi connectivity index (χ2v) is 49.0. The predicted octanol–water partition coefficient (Wildman–Crippen LogP) is 5.51. The van der Waals surface area contributed by atoms with Gasteiger partial charge in [0.15, 0.2) is 6.87 Å². The van der Waals surface area contributed by atoms with E-state index in [9.17, 15) is 0 Å². The Morgan fingerprint density at radius 1 is 0.708 bits per heavy atom. The van der Waals surface area contributed by atoms with E-state index in [0.717, 1.165) is 0 Å². The summed E-state index contributed by atoms with van der Waals surface area (Å²) in [7, 11) is -4.48. The van der Waals surface area contributed by atoms with E-state index in [1.165, 1.54) is 0 Å². The monoisotopic (exact) mass is 400 g/mol. The van der Waals surface area contributed by atoms with Crippen molar-refractivity contribution in [1.29, 1.82) is 0 Å². The quantitative estimate of drug-likeness (QED) is 0.336. The molecule has 0 fully saturated rings. The summed E-state index contributed by atoms with van der Waals surface area (Å²) in [6.45, 7) is 33.0. The Hall–Kier alpha value is 0.00753. The van der Waals surface area contributed by atoms with Crippen molar-refractivity contribution in [1.82, 2.24) is 0 Å². The molecule has 0 aromatic rings. The Labute approximate surface area is 154 Å². The molecule has 0 aliphatic carbocycles. The van der Waals surface area contributed by atoms with Gasteiger partial charge in [-0.25, -0.2) is 0 Å². The van der Waals surface area contributed by atoms with Crippen molar-refractivity contribution in [2.45, 2.75) is 71.1 Å². The molecule has 0 aromatic heterocycles. The summed E-state index contributed by atoms with van der Waals surface area (Å²) in [4.78, 5) is 0. The minimum atomic E-state index is -1.91. The molecule has 0 unspecified atom stereocenters. The molecule has 0 rings (SSSR count). The van der Waals surface area contributed by atoms with Gasteiger partial charge in [-0.05, 0) is 0 Å². The van der Waals surface area contributed by atoms with Crippen LogP contribution in [0.25, 0.3) is 0 Å². The van der Waals surface area contributed by atoms with Gasteiger partial charge in [0.25, 0.3) is 0 Å². The topological polar surface area (TPSA) is 18.5 Å². The number of ether oxygens (including phenoxy) is 1. The molecule has 0 amide bonds. The van der Waals surface area contributed by atoms with Gasteiger partial charge in [0, 0.05) is 0 Å². The average molecular weight is 401 g/mol. The maximum Gasteiger partial charge on any atom is 0.159 e. The van der Waals surface area contributed by atoms with Gasteiger partial charge in [-0.15, -0.1) is 19.7 Å². The van der Waals surface area contributed by atoms with Crippen LogP contribution in [-0.4, -0.2) is 48.5 Å². The second kappa shape index (κ2) is 8.59. The summed E-state index contributed by atoms with van der Waals surface area (Å²) in [5.41, 5.74) is 0. The average Bonchev–Trinajstić information content (AvgIpc) is 2.37. The summed E-state index contributed by atoms with van der Waals surface area (Å²) >= 11 is 0. The van der Waals surface area contributed by atoms with E-state index < -0.39 is 29.6 Å². The van der Waals surface area contributed by atoms with E-state index in [4.69, 9.17) is 9.16 Å². The fourth-order valence-electron chi connectivity index (χ4n) is 4.83. The SMILES string of the molecule is C=CCO[C@H](C=C)[C@@H](C=C)O[Si]([Si](C)(C)C)([Si](C)(C)C)[Si](C)(C)C. The molecule has 24 heavy (non-hydrogen) atoms. The highest BCUT2D eigenvalue weighted by Crippen LogP contribution is 2.39. The second-order valence-electron chi connectivity index (χ2n) is 9.57. The summed E-state index contributed by atoms with van der Waals surface area (Å²) < 4.78 is 13.1. The normalized spacial score (nSPS) is 16.4. The van der Waals surface area contributed by atoms with E-state index in [2.05, 4.69) is 78.7 Å². The van der Waals surface area contributed by atoms with Gasteiger partial charge < -0.3 is 9.16 Å². The molecule has 0 aliphatic heterocycles. The van der Waals surface area contributed by atoms with Gasteiger partial charge >= 0.3 is 0 Å². The van der Waals surface area contributed by atoms with Gasteiger partial charge in [0.2, 0.25) is 0 Å². The van der Waals surface area contributed by atoms with Crippen molar-refractivity contribution >= 4 is 29.6 Å². The van der Waals surface area contributed by atoms with E-state index in [1.807, 2.05) is 12.2 Å². The van der Waals surface area contributed by atoms with E-state index >= 15 is 0 Å². The molecule has 0 saturated heterocycles. The smallest absolute Gasteiger partial charge is 0.159 e. The van der Waals surface area contributed by atoms with Crippen LogP contribution in [0.1, 0.15) is 0 Å². The molecule has 0 saturated carbocycles. The zero-order valence-electron chi connectivity index (χ0n) is 17.5. The molecule has 0 radical (unpaired) electrons. The Morgan fingerprint density at radius 3 is 1.33 bits per heavy atom. The molecule has 0 N–H and O–H groups in total. The van der Waals surface area contributed by atoms with Gasteiger partial charge in [0.05, 0.1) is 35.5 Å². The van der Waals surface area contributed by atoms with Crippen molar-refractivity contribution < 1.29 is 9.16 Å². The number of hydrogen-bond donors (Lipinski definition) is 0. The number of rotatable bonds is 11. The molecule has 0 spiro atoms. The van der Waals surface area contributed by atoms with E-state index in [0.29, 0.717) is 6.61 Å². The summed E-state index contributed by atoms with van der Waals surface area (Å²) in [6.07, 6.45) is 5.29. The molecule has 2 atom stereocenters. The molecule has 0 heterocycles. The highest BCUT2D eigenvalue weighted by Gasteiger charge is 2.64. The van der Waals surface area contributed by atoms with Crippen molar-refractivity contribution in [3.63, 3.8) is 0 Å². The largest absolute Gasteiger partial charge is 0.417 e. The zero-order valence-corrected chi connectivity index (χ0v) is 21.5. The van der Waals surface area contributed by atoms with Crippen LogP contribution in [0.2, 0.25) is 58.9 Å². The molecule has 6 heteroatoms. The van der Waals surface area contributed by atoms with E-state index in [1.54, 1.807) is 6.08 Å². The van der Waals surface area contributed by atoms with Gasteiger partial charge in [0.1, 0.15) is 6.10 Å². The van der Waals surface area contributed by atoms with Crippen LogP contribution in [0.15, 0.2) is 38.0 Å². The molecule has 2 nitrogen and oxygen atoms in total. The fourth-order valence-corrected chi connectivity index (χ4v) is 98.7. The minimum Gasteiger partial charge on any atom is -0.417 e. The lowest BCUT2D eigenvalue weighted by Crippen LogP contribution is -2.85. The van der Waals surface area contributed by atoms with Crippen molar-refractivity contribution in [3.8, 4) is 0 Å². The van der Waals surface area contributed by atoms with Crippen molar-refractivity contribution in [2.75, 3.05) is 6.61 Å². The van der Waals surface area contributed by atoms with Crippen LogP contribution in [0.5, 0.6) is 0 Å². The summed E-state index contributed by atoms with van der Waals surface area (Å²) in [5.74, 6) is 0. The first-order valence-electron chi connectivity index (χ1n) is 8.85. The fraction of sp³-hybridized carbons (Fsp3) is 0.667. The third-order valence-corrected chi connectivity index (χ3v) is 72.2. The Bertz CT molecular complexity index is 405. The van der Waals surface area contributed by atoms with Crippen LogP contribution < -0.4 is 0 Å². The van der Waals surface area contributed by atoms with Gasteiger partial charge in [-0.2, -0.15) is 0 Å². The maximum absolute atomic E-state index is 7.21. The lowest BCUT2D eigenvalue weighted by Gasteiger charge is -2.57. The van der Waals surface area contributed by atoms with Crippen LogP contribution in [0, 0.1) is 0 Å². The highest BCUT2D eigenvalue weighted by molar-refractivity contribution is 7.87. The Balaban J connectivity index is 6.13. The molecule has 0 bridgehead atoms. The van der Waals surface area contributed by atoms with Crippen LogP contribution in [0.3, 0.4) is 0 Å². The molecular weight excluding hydrogens is 361 g/mol. The third-order valence-electron chi connectivity index (χ3n) is 4.68. The maximum atomic E-state index is 7.21. The molecule has 0 aromatic carbocycles. The number of hydrogen-bond acceptors (Lipinski definition) is 2. The standard InChI is InChI=1S/C18H40O2Si4/c1-13-16-19-17(14-2)18(15-3)20-24(21(4,5)6,22(7,8)9)23(10,11)12/h13-15,17-18H,1-3,16H2,4-12H3/t17-,18-/m1/s1. The molecule has 140 valence electrons. The van der Waals surface area contributed by atoms with Gasteiger partial charge in [-0.3, -0.25) is 0 Å². The lowest BCUT2D eigenvalue weighted by atomic mass is 10.2. The van der Waals surface area contributed by atoms with Crippen LogP contribution >= 0.6 is 0 Å². The summed E-state index contributed by atoms with van der Waals surface area (Å²) in [6, 6.07) is 0. The first-order valence-corrected chi connectivity index (χ1v) is 24.3. The van der Waals surface area contributed by atoms with Crippen molar-refractivity contribution in [3.05, 3.63) is 38.0 Å². The summed E-state index contributed by atoms with van der Waals surface area (Å²) in [5, 5.41) is 0.